The standard InChI is InChI=1S/C19H13ClF3N3/c1-11-10-26-16-7-6-12(19(21,22)23)8-14(16)18(24-9-17(26)25-11)13-4-2-3-5-15(13)20/h2-8,10H,9H2,1H3. The van der Waals surface area contributed by atoms with Crippen molar-refractivity contribution in [3.63, 3.8) is 0 Å². The molecule has 1 aliphatic rings. The van der Waals surface area contributed by atoms with Crippen LogP contribution in [0.15, 0.2) is 53.7 Å². The van der Waals surface area contributed by atoms with Crippen molar-refractivity contribution in [1.82, 2.24) is 9.55 Å². The first-order valence-corrected chi connectivity index (χ1v) is 8.28. The van der Waals surface area contributed by atoms with E-state index < -0.39 is 11.7 Å². The molecule has 0 amide bonds. The maximum atomic E-state index is 13.3. The van der Waals surface area contributed by atoms with Gasteiger partial charge in [0.1, 0.15) is 5.82 Å². The summed E-state index contributed by atoms with van der Waals surface area (Å²) >= 11 is 6.29. The van der Waals surface area contributed by atoms with Crippen LogP contribution in [0.1, 0.15) is 28.2 Å². The smallest absolute Gasteiger partial charge is 0.301 e. The number of fused-ring (bicyclic) bond motifs is 3. The maximum Gasteiger partial charge on any atom is 0.416 e. The fourth-order valence-corrected chi connectivity index (χ4v) is 3.32. The van der Waals surface area contributed by atoms with Crippen LogP contribution >= 0.6 is 11.6 Å². The monoisotopic (exact) mass is 375 g/mol. The van der Waals surface area contributed by atoms with E-state index in [9.17, 15) is 13.2 Å². The predicted octanol–water partition coefficient (Wildman–Crippen LogP) is 5.20. The lowest BCUT2D eigenvalue weighted by atomic mass is 9.98. The van der Waals surface area contributed by atoms with E-state index in [1.165, 1.54) is 6.07 Å². The van der Waals surface area contributed by atoms with Crippen LogP contribution in [0.3, 0.4) is 0 Å². The summed E-state index contributed by atoms with van der Waals surface area (Å²) < 4.78 is 41.6. The molecule has 0 N–H and O–H groups in total. The van der Waals surface area contributed by atoms with Gasteiger partial charge in [0, 0.05) is 22.3 Å². The second-order valence-electron chi connectivity index (χ2n) is 6.04. The number of rotatable bonds is 1. The zero-order chi connectivity index (χ0) is 18.5. The number of aryl methyl sites for hydroxylation is 1. The van der Waals surface area contributed by atoms with Crippen LogP contribution in [-0.4, -0.2) is 15.3 Å². The topological polar surface area (TPSA) is 30.2 Å². The summed E-state index contributed by atoms with van der Waals surface area (Å²) in [5, 5.41) is 0.435. The minimum absolute atomic E-state index is 0.254. The molecule has 3 aromatic rings. The van der Waals surface area contributed by atoms with Crippen LogP contribution in [0.4, 0.5) is 13.2 Å². The Hall–Kier alpha value is -2.60. The highest BCUT2D eigenvalue weighted by molar-refractivity contribution is 6.35. The van der Waals surface area contributed by atoms with E-state index in [1.54, 1.807) is 35.0 Å². The number of imidazole rings is 1. The molecule has 0 aliphatic carbocycles. The van der Waals surface area contributed by atoms with Crippen LogP contribution in [-0.2, 0) is 12.7 Å². The molecule has 0 saturated carbocycles. The third kappa shape index (κ3) is 2.80. The predicted molar refractivity (Wildman–Crippen MR) is 94.1 cm³/mol. The second-order valence-corrected chi connectivity index (χ2v) is 6.45. The SMILES string of the molecule is Cc1cn2c(n1)CN=C(c1ccccc1Cl)c1cc(C(F)(F)F)ccc1-2. The van der Waals surface area contributed by atoms with E-state index in [0.29, 0.717) is 33.4 Å². The first-order valence-electron chi connectivity index (χ1n) is 7.91. The van der Waals surface area contributed by atoms with Crippen molar-refractivity contribution in [2.45, 2.75) is 19.6 Å². The Kier molecular flexibility index (Phi) is 3.88. The van der Waals surface area contributed by atoms with Crippen molar-refractivity contribution in [3.05, 3.63) is 81.9 Å². The Morgan fingerprint density at radius 1 is 1.08 bits per heavy atom. The number of nitrogens with zero attached hydrogens (tertiary/aromatic N) is 3. The second kappa shape index (κ2) is 5.99. The van der Waals surface area contributed by atoms with Gasteiger partial charge in [0.05, 0.1) is 29.2 Å². The summed E-state index contributed by atoms with van der Waals surface area (Å²) in [6, 6.07) is 10.7. The van der Waals surface area contributed by atoms with Gasteiger partial charge in [0.2, 0.25) is 0 Å². The average molecular weight is 376 g/mol. The molecule has 2 aromatic carbocycles. The molecule has 2 heterocycles. The molecule has 4 rings (SSSR count). The van der Waals surface area contributed by atoms with Gasteiger partial charge >= 0.3 is 6.18 Å². The minimum Gasteiger partial charge on any atom is -0.301 e. The summed E-state index contributed by atoms with van der Waals surface area (Å²) in [6.07, 6.45) is -2.65. The third-order valence-electron chi connectivity index (χ3n) is 4.25. The number of halogens is 4. The Morgan fingerprint density at radius 2 is 1.85 bits per heavy atom. The summed E-state index contributed by atoms with van der Waals surface area (Å²) in [5.41, 5.74) is 2.06. The van der Waals surface area contributed by atoms with E-state index in [-0.39, 0.29) is 6.54 Å². The van der Waals surface area contributed by atoms with Gasteiger partial charge < -0.3 is 4.57 Å². The van der Waals surface area contributed by atoms with Gasteiger partial charge in [0.15, 0.2) is 0 Å². The molecule has 0 spiro atoms. The molecule has 26 heavy (non-hydrogen) atoms. The fourth-order valence-electron chi connectivity index (χ4n) is 3.10. The van der Waals surface area contributed by atoms with Crippen LogP contribution in [0, 0.1) is 6.92 Å². The summed E-state index contributed by atoms with van der Waals surface area (Å²) in [6.45, 7) is 2.09. The normalized spacial score (nSPS) is 13.7. The molecule has 0 fully saturated rings. The van der Waals surface area contributed by atoms with Crippen LogP contribution in [0.2, 0.25) is 5.02 Å². The van der Waals surface area contributed by atoms with Crippen molar-refractivity contribution < 1.29 is 13.2 Å². The van der Waals surface area contributed by atoms with Crippen molar-refractivity contribution in [2.75, 3.05) is 0 Å². The highest BCUT2D eigenvalue weighted by atomic mass is 35.5. The first kappa shape index (κ1) is 16.8. The Morgan fingerprint density at radius 3 is 2.58 bits per heavy atom. The summed E-state index contributed by atoms with van der Waals surface area (Å²) in [7, 11) is 0. The van der Waals surface area contributed by atoms with Gasteiger partial charge in [-0.05, 0) is 31.2 Å². The van der Waals surface area contributed by atoms with Crippen molar-refractivity contribution in [2.24, 2.45) is 4.99 Å². The number of alkyl halides is 3. The Balaban J connectivity index is 2.01. The summed E-state index contributed by atoms with van der Waals surface area (Å²) in [5.74, 6) is 0.672. The highest BCUT2D eigenvalue weighted by Crippen LogP contribution is 2.34. The average Bonchev–Trinajstić information content (AvgIpc) is 2.89. The van der Waals surface area contributed by atoms with Crippen molar-refractivity contribution >= 4 is 17.3 Å². The van der Waals surface area contributed by atoms with Crippen LogP contribution in [0.5, 0.6) is 0 Å². The molecule has 1 aliphatic heterocycles. The summed E-state index contributed by atoms with van der Waals surface area (Å²) in [4.78, 5) is 8.99. The van der Waals surface area contributed by atoms with E-state index in [1.807, 2.05) is 6.92 Å². The van der Waals surface area contributed by atoms with Crippen molar-refractivity contribution in [3.8, 4) is 5.69 Å². The minimum atomic E-state index is -4.44. The third-order valence-corrected chi connectivity index (χ3v) is 4.58. The van der Waals surface area contributed by atoms with Crippen molar-refractivity contribution in [1.29, 1.82) is 0 Å². The van der Waals surface area contributed by atoms with Gasteiger partial charge in [0.25, 0.3) is 0 Å². The quantitative estimate of drug-likeness (QED) is 0.574. The lowest BCUT2D eigenvalue weighted by Gasteiger charge is -2.15. The van der Waals surface area contributed by atoms with Gasteiger partial charge in [-0.3, -0.25) is 4.99 Å². The molecule has 132 valence electrons. The lowest BCUT2D eigenvalue weighted by molar-refractivity contribution is -0.137. The number of hydrogen-bond donors (Lipinski definition) is 0. The zero-order valence-electron chi connectivity index (χ0n) is 13.7. The van der Waals surface area contributed by atoms with Gasteiger partial charge in [-0.1, -0.05) is 29.8 Å². The van der Waals surface area contributed by atoms with E-state index >= 15 is 0 Å². The van der Waals surface area contributed by atoms with Crippen LogP contribution < -0.4 is 0 Å². The molecule has 0 saturated heterocycles. The largest absolute Gasteiger partial charge is 0.416 e. The molecule has 0 unspecified atom stereocenters. The van der Waals surface area contributed by atoms with Crippen LogP contribution in [0.25, 0.3) is 5.69 Å². The lowest BCUT2D eigenvalue weighted by Crippen LogP contribution is -2.12. The number of aromatic nitrogens is 2. The number of benzene rings is 2. The number of hydrogen-bond acceptors (Lipinski definition) is 2. The van der Waals surface area contributed by atoms with Gasteiger partial charge in [-0.15, -0.1) is 0 Å². The fraction of sp³-hybridized carbons (Fsp3) is 0.158. The van der Waals surface area contributed by atoms with E-state index in [0.717, 1.165) is 17.8 Å². The molecule has 3 nitrogen and oxygen atoms in total. The van der Waals surface area contributed by atoms with E-state index in [4.69, 9.17) is 11.6 Å². The molecular weight excluding hydrogens is 363 g/mol. The highest BCUT2D eigenvalue weighted by Gasteiger charge is 2.32. The molecule has 0 atom stereocenters. The molecule has 0 radical (unpaired) electrons. The number of aliphatic imine (C=N–C) groups is 1. The Labute approximate surface area is 152 Å². The molecular formula is C19H13ClF3N3. The zero-order valence-corrected chi connectivity index (χ0v) is 14.4. The Bertz CT molecular complexity index is 1030. The first-order chi connectivity index (χ1) is 12.3. The maximum absolute atomic E-state index is 13.3. The van der Waals surface area contributed by atoms with E-state index in [2.05, 4.69) is 9.98 Å². The molecule has 0 bridgehead atoms. The molecule has 1 aromatic heterocycles. The molecule has 7 heteroatoms. The van der Waals surface area contributed by atoms with Gasteiger partial charge in [-0.2, -0.15) is 13.2 Å². The van der Waals surface area contributed by atoms with Gasteiger partial charge in [-0.25, -0.2) is 4.98 Å².